The molecule has 0 spiro atoms. The second kappa shape index (κ2) is 6.12. The SMILES string of the molecule is O=[N+]([O-])c1ccc(CC2COCCC2Br)c(Br)c1. The lowest BCUT2D eigenvalue weighted by Gasteiger charge is -2.27. The summed E-state index contributed by atoms with van der Waals surface area (Å²) in [6.07, 6.45) is 1.86. The molecule has 0 N–H and O–H groups in total. The van der Waals surface area contributed by atoms with Crippen LogP contribution >= 0.6 is 31.9 Å². The molecule has 18 heavy (non-hydrogen) atoms. The van der Waals surface area contributed by atoms with Gasteiger partial charge < -0.3 is 4.74 Å². The molecule has 1 saturated heterocycles. The first-order valence-corrected chi connectivity index (χ1v) is 7.43. The predicted molar refractivity (Wildman–Crippen MR) is 76.1 cm³/mol. The van der Waals surface area contributed by atoms with Gasteiger partial charge in [0.15, 0.2) is 0 Å². The highest BCUT2D eigenvalue weighted by atomic mass is 79.9. The summed E-state index contributed by atoms with van der Waals surface area (Å²) in [5.74, 6) is 0.413. The van der Waals surface area contributed by atoms with Gasteiger partial charge in [0.25, 0.3) is 5.69 Å². The summed E-state index contributed by atoms with van der Waals surface area (Å²) in [4.78, 5) is 10.7. The minimum absolute atomic E-state index is 0.112. The number of hydrogen-bond acceptors (Lipinski definition) is 3. The maximum atomic E-state index is 10.7. The standard InChI is InChI=1S/C12H13Br2NO3/c13-11-3-4-18-7-9(11)5-8-1-2-10(15(16)17)6-12(8)14/h1-2,6,9,11H,3-5,7H2. The minimum atomic E-state index is -0.383. The van der Waals surface area contributed by atoms with Gasteiger partial charge in [-0.3, -0.25) is 10.1 Å². The second-order valence-corrected chi connectivity index (χ2v) is 6.41. The van der Waals surface area contributed by atoms with Crippen molar-refractivity contribution in [1.29, 1.82) is 0 Å². The van der Waals surface area contributed by atoms with Gasteiger partial charge in [-0.2, -0.15) is 0 Å². The summed E-state index contributed by atoms with van der Waals surface area (Å²) >= 11 is 7.07. The number of hydrogen-bond donors (Lipinski definition) is 0. The quantitative estimate of drug-likeness (QED) is 0.457. The van der Waals surface area contributed by atoms with Crippen LogP contribution in [0.5, 0.6) is 0 Å². The van der Waals surface area contributed by atoms with Gasteiger partial charge in [-0.1, -0.05) is 37.9 Å². The van der Waals surface area contributed by atoms with Crippen molar-refractivity contribution in [3.8, 4) is 0 Å². The minimum Gasteiger partial charge on any atom is -0.381 e. The summed E-state index contributed by atoms with van der Waals surface area (Å²) < 4.78 is 6.27. The van der Waals surface area contributed by atoms with Gasteiger partial charge >= 0.3 is 0 Å². The Balaban J connectivity index is 2.11. The van der Waals surface area contributed by atoms with E-state index >= 15 is 0 Å². The number of non-ortho nitro benzene ring substituents is 1. The van der Waals surface area contributed by atoms with E-state index in [4.69, 9.17) is 4.74 Å². The maximum Gasteiger partial charge on any atom is 0.270 e. The van der Waals surface area contributed by atoms with Crippen molar-refractivity contribution in [1.82, 2.24) is 0 Å². The molecule has 1 fully saturated rings. The lowest BCUT2D eigenvalue weighted by molar-refractivity contribution is -0.384. The van der Waals surface area contributed by atoms with E-state index in [9.17, 15) is 10.1 Å². The van der Waals surface area contributed by atoms with E-state index in [1.165, 1.54) is 0 Å². The molecule has 0 radical (unpaired) electrons. The van der Waals surface area contributed by atoms with Gasteiger partial charge in [0.05, 0.1) is 11.5 Å². The molecular weight excluding hydrogens is 366 g/mol. The molecule has 1 heterocycles. The maximum absolute atomic E-state index is 10.7. The second-order valence-electron chi connectivity index (χ2n) is 4.38. The van der Waals surface area contributed by atoms with Crippen LogP contribution in [0.25, 0.3) is 0 Å². The Bertz CT molecular complexity index is 453. The van der Waals surface area contributed by atoms with Crippen molar-refractivity contribution in [3.63, 3.8) is 0 Å². The third-order valence-electron chi connectivity index (χ3n) is 3.11. The molecule has 6 heteroatoms. The van der Waals surface area contributed by atoms with E-state index in [1.54, 1.807) is 12.1 Å². The van der Waals surface area contributed by atoms with E-state index < -0.39 is 0 Å². The van der Waals surface area contributed by atoms with Crippen LogP contribution in [-0.2, 0) is 11.2 Å². The van der Waals surface area contributed by atoms with Crippen LogP contribution in [-0.4, -0.2) is 23.0 Å². The molecule has 1 aliphatic heterocycles. The number of nitrogens with zero attached hydrogens (tertiary/aromatic N) is 1. The Hall–Kier alpha value is -0.460. The topological polar surface area (TPSA) is 52.4 Å². The van der Waals surface area contributed by atoms with Gasteiger partial charge in [0.1, 0.15) is 0 Å². The summed E-state index contributed by atoms with van der Waals surface area (Å²) in [7, 11) is 0. The highest BCUT2D eigenvalue weighted by Gasteiger charge is 2.24. The number of halogens is 2. The Morgan fingerprint density at radius 3 is 2.89 bits per heavy atom. The third-order valence-corrected chi connectivity index (χ3v) is 5.05. The first-order chi connectivity index (χ1) is 8.58. The van der Waals surface area contributed by atoms with Crippen LogP contribution in [0.2, 0.25) is 0 Å². The van der Waals surface area contributed by atoms with Gasteiger partial charge in [0.2, 0.25) is 0 Å². The zero-order chi connectivity index (χ0) is 13.1. The van der Waals surface area contributed by atoms with Crippen molar-refractivity contribution < 1.29 is 9.66 Å². The summed E-state index contributed by atoms with van der Waals surface area (Å²) in [5, 5.41) is 10.7. The number of nitro groups is 1. The first-order valence-electron chi connectivity index (χ1n) is 5.72. The van der Waals surface area contributed by atoms with Gasteiger partial charge in [0, 0.05) is 28.0 Å². The number of nitro benzene ring substituents is 1. The van der Waals surface area contributed by atoms with E-state index in [0.717, 1.165) is 36.1 Å². The molecule has 1 aliphatic rings. The average Bonchev–Trinajstić information content (AvgIpc) is 2.34. The van der Waals surface area contributed by atoms with Gasteiger partial charge in [-0.05, 0) is 24.3 Å². The third kappa shape index (κ3) is 3.30. The van der Waals surface area contributed by atoms with Gasteiger partial charge in [-0.25, -0.2) is 0 Å². The molecule has 2 atom stereocenters. The van der Waals surface area contributed by atoms with E-state index in [1.807, 2.05) is 6.07 Å². The predicted octanol–water partition coefficient (Wildman–Crippen LogP) is 3.70. The highest BCUT2D eigenvalue weighted by molar-refractivity contribution is 9.10. The first kappa shape index (κ1) is 14.0. The highest BCUT2D eigenvalue weighted by Crippen LogP contribution is 2.30. The van der Waals surface area contributed by atoms with Crippen molar-refractivity contribution >= 4 is 37.5 Å². The molecule has 0 aliphatic carbocycles. The van der Waals surface area contributed by atoms with Crippen LogP contribution in [0.15, 0.2) is 22.7 Å². The number of ether oxygens (including phenoxy) is 1. The van der Waals surface area contributed by atoms with Crippen molar-refractivity contribution in [2.45, 2.75) is 17.7 Å². The molecule has 0 bridgehead atoms. The molecular formula is C12H13Br2NO3. The number of alkyl halides is 1. The molecule has 0 aromatic heterocycles. The Kier molecular flexibility index (Phi) is 4.75. The molecule has 0 amide bonds. The van der Waals surface area contributed by atoms with Crippen LogP contribution in [0, 0.1) is 16.0 Å². The molecule has 2 rings (SSSR count). The summed E-state index contributed by atoms with van der Waals surface area (Å²) in [6.45, 7) is 1.53. The molecule has 1 aromatic rings. The van der Waals surface area contributed by atoms with Crippen LogP contribution < -0.4 is 0 Å². The van der Waals surface area contributed by atoms with E-state index in [2.05, 4.69) is 31.9 Å². The molecule has 1 aromatic carbocycles. The fraction of sp³-hybridized carbons (Fsp3) is 0.500. The fourth-order valence-electron chi connectivity index (χ4n) is 2.06. The van der Waals surface area contributed by atoms with Crippen LogP contribution in [0.4, 0.5) is 5.69 Å². The van der Waals surface area contributed by atoms with E-state index in [-0.39, 0.29) is 10.6 Å². The Labute approximate surface area is 122 Å². The molecule has 4 nitrogen and oxygen atoms in total. The van der Waals surface area contributed by atoms with Crippen molar-refractivity contribution in [2.24, 2.45) is 5.92 Å². The van der Waals surface area contributed by atoms with Gasteiger partial charge in [-0.15, -0.1) is 0 Å². The van der Waals surface area contributed by atoms with E-state index in [0.29, 0.717) is 10.7 Å². The van der Waals surface area contributed by atoms with Crippen molar-refractivity contribution in [3.05, 3.63) is 38.3 Å². The largest absolute Gasteiger partial charge is 0.381 e. The van der Waals surface area contributed by atoms with Crippen LogP contribution in [0.1, 0.15) is 12.0 Å². The Morgan fingerprint density at radius 1 is 1.50 bits per heavy atom. The summed E-state index contributed by atoms with van der Waals surface area (Å²) in [5.41, 5.74) is 1.20. The normalized spacial score (nSPS) is 23.9. The lowest BCUT2D eigenvalue weighted by atomic mass is 9.94. The fourth-order valence-corrected chi connectivity index (χ4v) is 3.11. The lowest BCUT2D eigenvalue weighted by Crippen LogP contribution is -2.29. The van der Waals surface area contributed by atoms with Crippen molar-refractivity contribution in [2.75, 3.05) is 13.2 Å². The zero-order valence-corrected chi connectivity index (χ0v) is 12.8. The Morgan fingerprint density at radius 2 is 2.28 bits per heavy atom. The zero-order valence-electron chi connectivity index (χ0n) is 9.64. The smallest absolute Gasteiger partial charge is 0.270 e. The number of benzene rings is 1. The number of rotatable bonds is 3. The monoisotopic (exact) mass is 377 g/mol. The molecule has 0 saturated carbocycles. The van der Waals surface area contributed by atoms with Crippen LogP contribution in [0.3, 0.4) is 0 Å². The average molecular weight is 379 g/mol. The molecule has 98 valence electrons. The summed E-state index contributed by atoms with van der Waals surface area (Å²) in [6, 6.07) is 4.92. The molecule has 2 unspecified atom stereocenters.